The lowest BCUT2D eigenvalue weighted by molar-refractivity contribution is -0.120. The number of rotatable bonds is 9. The minimum absolute atomic E-state index is 0.0551. The van der Waals surface area contributed by atoms with Crippen LogP contribution >= 0.6 is 0 Å². The van der Waals surface area contributed by atoms with Gasteiger partial charge < -0.3 is 30.1 Å². The summed E-state index contributed by atoms with van der Waals surface area (Å²) in [5.74, 6) is 0.393. The van der Waals surface area contributed by atoms with Gasteiger partial charge in [-0.25, -0.2) is 14.2 Å². The fourth-order valence-electron chi connectivity index (χ4n) is 10.1. The van der Waals surface area contributed by atoms with Crippen molar-refractivity contribution in [3.05, 3.63) is 89.2 Å². The van der Waals surface area contributed by atoms with Crippen LogP contribution in [0, 0.1) is 6.92 Å². The van der Waals surface area contributed by atoms with Crippen molar-refractivity contribution < 1.29 is 23.9 Å². The lowest BCUT2D eigenvalue weighted by atomic mass is 9.86. The molecule has 0 spiro atoms. The van der Waals surface area contributed by atoms with E-state index in [2.05, 4.69) is 56.0 Å². The topological polar surface area (TPSA) is 166 Å². The van der Waals surface area contributed by atoms with Gasteiger partial charge in [0, 0.05) is 106 Å². The molecule has 4 aliphatic heterocycles. The Labute approximate surface area is 360 Å². The first-order valence-electron chi connectivity index (χ1n) is 22.1. The van der Waals surface area contributed by atoms with Crippen LogP contribution in [0.4, 0.5) is 26.4 Å². The molecule has 7 heterocycles. The SMILES string of the molecule is CCc1cn(C2CCN(CC3(F)CCN(C(=O)c4ccc([C@H]5CCCN(c6cc(-c7ccccc7O)nnc6N)C5)c(C)c4)CC3)CC2)c2ncc(N3CCC(=O)NC3=O)cc12. The van der Waals surface area contributed by atoms with Gasteiger partial charge in [-0.3, -0.25) is 19.8 Å². The van der Waals surface area contributed by atoms with E-state index in [1.165, 1.54) is 5.56 Å². The van der Waals surface area contributed by atoms with E-state index < -0.39 is 11.7 Å². The maximum absolute atomic E-state index is 16.5. The molecule has 0 bridgehead atoms. The van der Waals surface area contributed by atoms with Crippen LogP contribution < -0.4 is 20.9 Å². The van der Waals surface area contributed by atoms with Gasteiger partial charge in [0.05, 0.1) is 23.3 Å². The zero-order valence-corrected chi connectivity index (χ0v) is 35.5. The molecular formula is C47H55FN10O4. The molecule has 4 amide bonds. The van der Waals surface area contributed by atoms with Crippen LogP contribution in [0.5, 0.6) is 5.75 Å². The van der Waals surface area contributed by atoms with Crippen LogP contribution in [-0.2, 0) is 11.2 Å². The van der Waals surface area contributed by atoms with E-state index in [9.17, 15) is 19.5 Å². The number of benzene rings is 2. The van der Waals surface area contributed by atoms with E-state index in [-0.39, 0.29) is 35.9 Å². The summed E-state index contributed by atoms with van der Waals surface area (Å²) in [5, 5.41) is 22.3. The molecule has 15 heteroatoms. The second-order valence-electron chi connectivity index (χ2n) is 17.6. The van der Waals surface area contributed by atoms with Gasteiger partial charge in [-0.1, -0.05) is 25.1 Å². The molecule has 3 aromatic heterocycles. The van der Waals surface area contributed by atoms with Crippen molar-refractivity contribution in [3.8, 4) is 17.0 Å². The molecule has 4 N–H and O–H groups in total. The van der Waals surface area contributed by atoms with Crippen molar-refractivity contribution in [1.82, 2.24) is 34.9 Å². The van der Waals surface area contributed by atoms with E-state index in [0.717, 1.165) is 86.1 Å². The number of hydrogen-bond acceptors (Lipinski definition) is 10. The third kappa shape index (κ3) is 8.17. The van der Waals surface area contributed by atoms with Crippen LogP contribution in [-0.4, -0.2) is 111 Å². The maximum atomic E-state index is 16.5. The van der Waals surface area contributed by atoms with Crippen LogP contribution in [0.2, 0.25) is 0 Å². The highest BCUT2D eigenvalue weighted by Crippen LogP contribution is 2.38. The molecule has 0 radical (unpaired) electrons. The maximum Gasteiger partial charge on any atom is 0.328 e. The number of phenolic OH excluding ortho intramolecular Hbond substituents is 1. The number of hydrogen-bond donors (Lipinski definition) is 3. The quantitative estimate of drug-likeness (QED) is 0.144. The highest BCUT2D eigenvalue weighted by atomic mass is 19.1. The van der Waals surface area contributed by atoms with Crippen LogP contribution in [0.25, 0.3) is 22.3 Å². The Morgan fingerprint density at radius 2 is 1.77 bits per heavy atom. The first kappa shape index (κ1) is 41.3. The van der Waals surface area contributed by atoms with E-state index in [1.807, 2.05) is 36.4 Å². The lowest BCUT2D eigenvalue weighted by Crippen LogP contribution is -2.51. The number of imide groups is 1. The summed E-state index contributed by atoms with van der Waals surface area (Å²) in [4.78, 5) is 50.7. The molecule has 5 aromatic rings. The number of nitrogens with zero attached hydrogens (tertiary/aromatic N) is 8. The van der Waals surface area contributed by atoms with Crippen molar-refractivity contribution in [1.29, 1.82) is 0 Å². The van der Waals surface area contributed by atoms with E-state index in [0.29, 0.717) is 67.3 Å². The minimum atomic E-state index is -1.36. The number of amides is 4. The molecule has 14 nitrogen and oxygen atoms in total. The molecule has 0 saturated carbocycles. The Hall–Kier alpha value is -6.09. The second kappa shape index (κ2) is 17.0. The fraction of sp³-hybridized carbons (Fsp3) is 0.447. The minimum Gasteiger partial charge on any atom is -0.507 e. The largest absolute Gasteiger partial charge is 0.507 e. The number of urea groups is 1. The summed E-state index contributed by atoms with van der Waals surface area (Å²) >= 11 is 0. The van der Waals surface area contributed by atoms with E-state index >= 15 is 4.39 Å². The first-order chi connectivity index (χ1) is 30.0. The van der Waals surface area contributed by atoms with E-state index in [1.54, 1.807) is 28.1 Å². The average molecular weight is 843 g/mol. The third-order valence-electron chi connectivity index (χ3n) is 13.6. The molecule has 0 aliphatic carbocycles. The van der Waals surface area contributed by atoms with Crippen molar-refractivity contribution in [2.45, 2.75) is 82.8 Å². The van der Waals surface area contributed by atoms with Crippen LogP contribution in [0.15, 0.2) is 67.0 Å². The number of halogens is 1. The fourth-order valence-corrected chi connectivity index (χ4v) is 10.1. The van der Waals surface area contributed by atoms with Gasteiger partial charge in [0.25, 0.3) is 5.91 Å². The molecule has 4 aliphatic rings. The lowest BCUT2D eigenvalue weighted by Gasteiger charge is -2.41. The number of carbonyl (C=O) groups is 3. The zero-order chi connectivity index (χ0) is 43.1. The van der Waals surface area contributed by atoms with Gasteiger partial charge in [0.1, 0.15) is 17.1 Å². The van der Waals surface area contributed by atoms with E-state index in [4.69, 9.17) is 10.7 Å². The Morgan fingerprint density at radius 3 is 2.52 bits per heavy atom. The number of alkyl halides is 1. The number of aromatic nitrogens is 4. The summed E-state index contributed by atoms with van der Waals surface area (Å²) in [6.45, 7) is 8.73. The van der Waals surface area contributed by atoms with Gasteiger partial charge in [-0.05, 0) is 92.1 Å². The predicted molar refractivity (Wildman–Crippen MR) is 237 cm³/mol. The van der Waals surface area contributed by atoms with Crippen molar-refractivity contribution in [2.24, 2.45) is 0 Å². The Morgan fingerprint density at radius 1 is 0.984 bits per heavy atom. The standard InChI is InChI=1S/C47H55FN10O4/c1-3-31-28-58(44-38(31)24-35(26-50-44)57-20-14-42(60)51-46(57)62)34-12-18-54(19-13-34)29-47(48)15-21-55(22-16-47)45(61)32-10-11-36(30(2)23-32)33-7-6-17-56(27-33)40-25-39(52-53-43(40)49)37-8-4-5-9-41(37)59/h4-5,8-11,23-26,28,33-34,59H,3,6-7,12-22,27,29H2,1-2H3,(H2,49,53)(H,51,60,62)/t33-/m0/s1. The van der Waals surface area contributed by atoms with Crippen molar-refractivity contribution >= 4 is 46.1 Å². The van der Waals surface area contributed by atoms with Crippen LogP contribution in [0.1, 0.15) is 90.9 Å². The number of nitrogens with one attached hydrogen (secondary N) is 1. The molecule has 4 fully saturated rings. The van der Waals surface area contributed by atoms with Gasteiger partial charge in [-0.15, -0.1) is 10.2 Å². The van der Waals surface area contributed by atoms with Gasteiger partial charge in [-0.2, -0.15) is 0 Å². The average Bonchev–Trinajstić information content (AvgIpc) is 3.65. The smallest absolute Gasteiger partial charge is 0.328 e. The summed E-state index contributed by atoms with van der Waals surface area (Å²) < 4.78 is 18.7. The Balaban J connectivity index is 0.786. The van der Waals surface area contributed by atoms with Crippen LogP contribution in [0.3, 0.4) is 0 Å². The highest BCUT2D eigenvalue weighted by Gasteiger charge is 2.39. The molecule has 324 valence electrons. The summed E-state index contributed by atoms with van der Waals surface area (Å²) in [6.07, 6.45) is 9.30. The second-order valence-corrected chi connectivity index (χ2v) is 17.6. The molecule has 4 saturated heterocycles. The van der Waals surface area contributed by atoms with Gasteiger partial charge in [0.15, 0.2) is 5.82 Å². The normalized spacial score (nSPS) is 20.2. The van der Waals surface area contributed by atoms with Crippen molar-refractivity contribution in [3.63, 3.8) is 0 Å². The number of likely N-dealkylation sites (tertiary alicyclic amines) is 2. The number of pyridine rings is 1. The number of nitrogens with two attached hydrogens (primary N) is 1. The summed E-state index contributed by atoms with van der Waals surface area (Å²) in [5.41, 5.74) is 12.5. The molecule has 1 atom stereocenters. The Kier molecular flexibility index (Phi) is 11.3. The number of fused-ring (bicyclic) bond motifs is 1. The number of carbonyl (C=O) groups excluding carboxylic acids is 3. The monoisotopic (exact) mass is 842 g/mol. The predicted octanol–water partition coefficient (Wildman–Crippen LogP) is 6.76. The van der Waals surface area contributed by atoms with Gasteiger partial charge >= 0.3 is 6.03 Å². The number of para-hydroxylation sites is 1. The summed E-state index contributed by atoms with van der Waals surface area (Å²) in [6, 6.07) is 16.8. The zero-order valence-electron chi connectivity index (χ0n) is 35.5. The van der Waals surface area contributed by atoms with Crippen molar-refractivity contribution in [2.75, 3.05) is 67.9 Å². The number of nitrogen functional groups attached to an aromatic ring is 1. The van der Waals surface area contributed by atoms with Gasteiger partial charge in [0.2, 0.25) is 5.91 Å². The number of aryl methyl sites for hydroxylation is 2. The molecule has 9 rings (SSSR count). The Bertz CT molecular complexity index is 2510. The molecular weight excluding hydrogens is 788 g/mol. The molecule has 0 unspecified atom stereocenters. The third-order valence-corrected chi connectivity index (χ3v) is 13.6. The molecule has 2 aromatic carbocycles. The number of phenols is 1. The highest BCUT2D eigenvalue weighted by molar-refractivity contribution is 6.06. The summed E-state index contributed by atoms with van der Waals surface area (Å²) in [7, 11) is 0. The number of piperidine rings is 3. The number of aromatic hydroxyl groups is 1. The first-order valence-corrected chi connectivity index (χ1v) is 22.1. The number of anilines is 3. The molecule has 62 heavy (non-hydrogen) atoms.